The number of rotatable bonds is 6. The van der Waals surface area contributed by atoms with Gasteiger partial charge in [-0.1, -0.05) is 12.1 Å². The molecule has 2 aromatic carbocycles. The van der Waals surface area contributed by atoms with Crippen LogP contribution in [0.3, 0.4) is 0 Å². The molecule has 0 aliphatic carbocycles. The van der Waals surface area contributed by atoms with Crippen LogP contribution >= 0.6 is 0 Å². The Bertz CT molecular complexity index is 666. The highest BCUT2D eigenvalue weighted by atomic mass is 19.1. The SMILES string of the molecule is CN(C)c1ccc(/C=N\NC(=O)CNc2ccc(F)cc2)cc1. The van der Waals surface area contributed by atoms with Crippen molar-refractivity contribution in [3.8, 4) is 0 Å². The van der Waals surface area contributed by atoms with Gasteiger partial charge in [-0.3, -0.25) is 4.79 Å². The Kier molecular flexibility index (Phi) is 5.68. The van der Waals surface area contributed by atoms with Crippen molar-refractivity contribution in [1.82, 2.24) is 5.43 Å². The summed E-state index contributed by atoms with van der Waals surface area (Å²) in [6, 6.07) is 13.6. The predicted molar refractivity (Wildman–Crippen MR) is 91.4 cm³/mol. The van der Waals surface area contributed by atoms with Crippen LogP contribution in [0, 0.1) is 5.82 Å². The Morgan fingerprint density at radius 1 is 1.13 bits per heavy atom. The lowest BCUT2D eigenvalue weighted by Gasteiger charge is -2.11. The normalized spacial score (nSPS) is 10.6. The topological polar surface area (TPSA) is 56.7 Å². The van der Waals surface area contributed by atoms with Gasteiger partial charge in [0.05, 0.1) is 12.8 Å². The minimum atomic E-state index is -0.315. The van der Waals surface area contributed by atoms with Crippen molar-refractivity contribution in [2.75, 3.05) is 30.9 Å². The van der Waals surface area contributed by atoms with Gasteiger partial charge in [-0.05, 0) is 42.0 Å². The van der Waals surface area contributed by atoms with Gasteiger partial charge in [0, 0.05) is 25.5 Å². The zero-order valence-corrected chi connectivity index (χ0v) is 13.1. The molecule has 120 valence electrons. The third kappa shape index (κ3) is 5.43. The molecule has 5 nitrogen and oxygen atoms in total. The highest BCUT2D eigenvalue weighted by Gasteiger charge is 2.00. The first-order chi connectivity index (χ1) is 11.0. The van der Waals surface area contributed by atoms with Crippen LogP contribution in [0.15, 0.2) is 53.6 Å². The highest BCUT2D eigenvalue weighted by molar-refractivity contribution is 5.84. The van der Waals surface area contributed by atoms with Gasteiger partial charge >= 0.3 is 0 Å². The molecular weight excluding hydrogens is 295 g/mol. The number of benzene rings is 2. The van der Waals surface area contributed by atoms with Gasteiger partial charge in [0.1, 0.15) is 5.82 Å². The van der Waals surface area contributed by atoms with Crippen molar-refractivity contribution in [3.63, 3.8) is 0 Å². The van der Waals surface area contributed by atoms with Crippen molar-refractivity contribution < 1.29 is 9.18 Å². The van der Waals surface area contributed by atoms with E-state index in [1.54, 1.807) is 18.3 Å². The zero-order chi connectivity index (χ0) is 16.7. The fourth-order valence-electron chi connectivity index (χ4n) is 1.83. The van der Waals surface area contributed by atoms with Gasteiger partial charge in [-0.25, -0.2) is 9.82 Å². The minimum Gasteiger partial charge on any atom is -0.378 e. The maximum Gasteiger partial charge on any atom is 0.259 e. The number of amides is 1. The van der Waals surface area contributed by atoms with Crippen LogP contribution in [0.25, 0.3) is 0 Å². The largest absolute Gasteiger partial charge is 0.378 e. The smallest absolute Gasteiger partial charge is 0.259 e. The summed E-state index contributed by atoms with van der Waals surface area (Å²) in [5.74, 6) is -0.597. The van der Waals surface area contributed by atoms with E-state index < -0.39 is 0 Å². The van der Waals surface area contributed by atoms with E-state index in [0.717, 1.165) is 11.3 Å². The number of anilines is 2. The van der Waals surface area contributed by atoms with E-state index in [1.807, 2.05) is 43.3 Å². The zero-order valence-electron chi connectivity index (χ0n) is 13.1. The molecule has 2 aromatic rings. The summed E-state index contributed by atoms with van der Waals surface area (Å²) in [5.41, 5.74) is 5.09. The molecule has 0 spiro atoms. The van der Waals surface area contributed by atoms with Crippen LogP contribution < -0.4 is 15.6 Å². The van der Waals surface area contributed by atoms with E-state index in [-0.39, 0.29) is 18.3 Å². The second-order valence-corrected chi connectivity index (χ2v) is 5.14. The van der Waals surface area contributed by atoms with Crippen LogP contribution in [-0.2, 0) is 4.79 Å². The molecule has 0 saturated heterocycles. The lowest BCUT2D eigenvalue weighted by Crippen LogP contribution is -2.25. The lowest BCUT2D eigenvalue weighted by atomic mass is 10.2. The molecule has 0 radical (unpaired) electrons. The van der Waals surface area contributed by atoms with E-state index >= 15 is 0 Å². The summed E-state index contributed by atoms with van der Waals surface area (Å²) in [5, 5.41) is 6.79. The van der Waals surface area contributed by atoms with Crippen LogP contribution in [0.2, 0.25) is 0 Å². The van der Waals surface area contributed by atoms with Crippen LogP contribution in [-0.4, -0.2) is 32.8 Å². The third-order valence-corrected chi connectivity index (χ3v) is 3.11. The van der Waals surface area contributed by atoms with E-state index in [0.29, 0.717) is 5.69 Å². The van der Waals surface area contributed by atoms with E-state index in [2.05, 4.69) is 15.8 Å². The Morgan fingerprint density at radius 3 is 2.39 bits per heavy atom. The van der Waals surface area contributed by atoms with Crippen molar-refractivity contribution in [3.05, 3.63) is 59.9 Å². The van der Waals surface area contributed by atoms with Gasteiger partial charge < -0.3 is 10.2 Å². The molecule has 6 heteroatoms. The molecule has 2 N–H and O–H groups in total. The molecule has 2 rings (SSSR count). The van der Waals surface area contributed by atoms with Gasteiger partial charge in [-0.2, -0.15) is 5.10 Å². The molecule has 0 saturated carbocycles. The summed E-state index contributed by atoms with van der Waals surface area (Å²) in [6.45, 7) is 0.0581. The Labute approximate surface area is 134 Å². The Balaban J connectivity index is 1.78. The summed E-state index contributed by atoms with van der Waals surface area (Å²) in [6.07, 6.45) is 1.58. The van der Waals surface area contributed by atoms with Gasteiger partial charge in [0.15, 0.2) is 0 Å². The van der Waals surface area contributed by atoms with Gasteiger partial charge in [0.2, 0.25) is 0 Å². The number of nitrogens with zero attached hydrogens (tertiary/aromatic N) is 2. The minimum absolute atomic E-state index is 0.0581. The first kappa shape index (κ1) is 16.5. The molecule has 0 atom stereocenters. The molecule has 0 fully saturated rings. The quantitative estimate of drug-likeness (QED) is 0.636. The number of carbonyl (C=O) groups excluding carboxylic acids is 1. The first-order valence-electron chi connectivity index (χ1n) is 7.13. The average Bonchev–Trinajstić information content (AvgIpc) is 2.55. The van der Waals surface area contributed by atoms with Crippen molar-refractivity contribution in [2.24, 2.45) is 5.10 Å². The summed E-state index contributed by atoms with van der Waals surface area (Å²) in [4.78, 5) is 13.7. The molecule has 0 heterocycles. The van der Waals surface area contributed by atoms with E-state index in [1.165, 1.54) is 12.1 Å². The number of hydrogen-bond donors (Lipinski definition) is 2. The molecule has 1 amide bonds. The third-order valence-electron chi connectivity index (χ3n) is 3.11. The summed E-state index contributed by atoms with van der Waals surface area (Å²) >= 11 is 0. The fraction of sp³-hybridized carbons (Fsp3) is 0.176. The van der Waals surface area contributed by atoms with Crippen LogP contribution in [0.4, 0.5) is 15.8 Å². The molecule has 0 unspecified atom stereocenters. The molecule has 0 aromatic heterocycles. The number of nitrogens with one attached hydrogen (secondary N) is 2. The molecule has 0 bridgehead atoms. The maximum atomic E-state index is 12.8. The van der Waals surface area contributed by atoms with Crippen LogP contribution in [0.1, 0.15) is 5.56 Å². The lowest BCUT2D eigenvalue weighted by molar-refractivity contribution is -0.119. The first-order valence-corrected chi connectivity index (χ1v) is 7.13. The molecule has 23 heavy (non-hydrogen) atoms. The maximum absolute atomic E-state index is 12.8. The van der Waals surface area contributed by atoms with E-state index in [9.17, 15) is 9.18 Å². The van der Waals surface area contributed by atoms with Crippen LogP contribution in [0.5, 0.6) is 0 Å². The number of halogens is 1. The van der Waals surface area contributed by atoms with Crippen molar-refractivity contribution in [1.29, 1.82) is 0 Å². The molecule has 0 aliphatic heterocycles. The summed E-state index contributed by atoms with van der Waals surface area (Å²) in [7, 11) is 3.94. The van der Waals surface area contributed by atoms with Gasteiger partial charge in [-0.15, -0.1) is 0 Å². The highest BCUT2D eigenvalue weighted by Crippen LogP contribution is 2.10. The Hall–Kier alpha value is -2.89. The fourth-order valence-corrected chi connectivity index (χ4v) is 1.83. The average molecular weight is 314 g/mol. The second-order valence-electron chi connectivity index (χ2n) is 5.14. The Morgan fingerprint density at radius 2 is 1.78 bits per heavy atom. The standard InChI is InChI=1S/C17H19FN4O/c1-22(2)16-9-3-13(4-10-16)11-20-21-17(23)12-19-15-7-5-14(18)6-8-15/h3-11,19H,12H2,1-2H3,(H,21,23)/b20-11-. The van der Waals surface area contributed by atoms with Crippen molar-refractivity contribution >= 4 is 23.5 Å². The summed E-state index contributed by atoms with van der Waals surface area (Å²) < 4.78 is 12.8. The van der Waals surface area contributed by atoms with E-state index in [4.69, 9.17) is 0 Å². The molecular formula is C17H19FN4O. The van der Waals surface area contributed by atoms with Gasteiger partial charge in [0.25, 0.3) is 5.91 Å². The second kappa shape index (κ2) is 7.93. The van der Waals surface area contributed by atoms with Crippen molar-refractivity contribution in [2.45, 2.75) is 0 Å². The number of hydrazone groups is 1. The molecule has 0 aliphatic rings. The monoisotopic (exact) mass is 314 g/mol. The number of hydrogen-bond acceptors (Lipinski definition) is 4. The number of carbonyl (C=O) groups is 1. The predicted octanol–water partition coefficient (Wildman–Crippen LogP) is 2.45.